The van der Waals surface area contributed by atoms with Crippen LogP contribution in [0.5, 0.6) is 0 Å². The number of carbonyl (C=O) groups is 1. The van der Waals surface area contributed by atoms with Crippen molar-refractivity contribution in [1.82, 2.24) is 14.8 Å². The van der Waals surface area contributed by atoms with E-state index in [2.05, 4.69) is 5.10 Å². The molecule has 0 atom stereocenters. The molecule has 27 heavy (non-hydrogen) atoms. The van der Waals surface area contributed by atoms with Crippen LogP contribution in [0.15, 0.2) is 60.9 Å². The first-order chi connectivity index (χ1) is 13.1. The second-order valence-corrected chi connectivity index (χ2v) is 7.50. The summed E-state index contributed by atoms with van der Waals surface area (Å²) in [6.07, 6.45) is 3.64. The fraction of sp³-hybridized carbons (Fsp3) is 0.190. The Bertz CT molecular complexity index is 1050. The van der Waals surface area contributed by atoms with E-state index in [-0.39, 0.29) is 5.91 Å². The molecule has 5 nitrogen and oxygen atoms in total. The minimum absolute atomic E-state index is 0.0377. The van der Waals surface area contributed by atoms with Crippen molar-refractivity contribution < 1.29 is 4.79 Å². The van der Waals surface area contributed by atoms with Crippen LogP contribution in [0.1, 0.15) is 21.5 Å². The van der Waals surface area contributed by atoms with Crippen molar-refractivity contribution in [1.29, 1.82) is 0 Å². The summed E-state index contributed by atoms with van der Waals surface area (Å²) in [4.78, 5) is 19.8. The van der Waals surface area contributed by atoms with Crippen LogP contribution in [0, 0.1) is 13.8 Å². The number of para-hydroxylation sites is 1. The number of fused-ring (bicyclic) bond motifs is 1. The predicted molar refractivity (Wildman–Crippen MR) is 109 cm³/mol. The number of aromatic nitrogens is 3. The minimum Gasteiger partial charge on any atom is -0.282 e. The number of hydrogen-bond acceptors (Lipinski definition) is 4. The summed E-state index contributed by atoms with van der Waals surface area (Å²) in [6, 6.07) is 15.7. The summed E-state index contributed by atoms with van der Waals surface area (Å²) in [6.45, 7) is 5.19. The number of amides is 1. The van der Waals surface area contributed by atoms with Crippen molar-refractivity contribution in [3.8, 4) is 0 Å². The zero-order chi connectivity index (χ0) is 18.8. The number of benzene rings is 2. The largest absolute Gasteiger partial charge is 0.282 e. The Labute approximate surface area is 161 Å². The van der Waals surface area contributed by atoms with Gasteiger partial charge in [-0.1, -0.05) is 29.5 Å². The van der Waals surface area contributed by atoms with Crippen molar-refractivity contribution in [3.63, 3.8) is 0 Å². The van der Waals surface area contributed by atoms with Crippen LogP contribution in [0.3, 0.4) is 0 Å². The first-order valence-corrected chi connectivity index (χ1v) is 9.65. The number of thiazole rings is 1. The predicted octanol–water partition coefficient (Wildman–Crippen LogP) is 4.46. The SMILES string of the molecule is Cc1ccc(C(=O)N(CCn2cccn2)c2nc3ccccc3s2)cc1C. The first kappa shape index (κ1) is 17.4. The molecule has 0 spiro atoms. The highest BCUT2D eigenvalue weighted by atomic mass is 32.1. The summed E-state index contributed by atoms with van der Waals surface area (Å²) in [5, 5.41) is 4.96. The maximum absolute atomic E-state index is 13.3. The molecule has 0 N–H and O–H groups in total. The van der Waals surface area contributed by atoms with E-state index in [1.165, 1.54) is 16.9 Å². The lowest BCUT2D eigenvalue weighted by molar-refractivity contribution is 0.0985. The number of hydrogen-bond donors (Lipinski definition) is 0. The molecule has 0 fully saturated rings. The summed E-state index contributed by atoms with van der Waals surface area (Å²) in [5.41, 5.74) is 3.87. The number of anilines is 1. The number of aryl methyl sites for hydroxylation is 2. The Hall–Kier alpha value is -2.99. The monoisotopic (exact) mass is 376 g/mol. The van der Waals surface area contributed by atoms with Crippen LogP contribution in [0.4, 0.5) is 5.13 Å². The summed E-state index contributed by atoms with van der Waals surface area (Å²) in [7, 11) is 0. The van der Waals surface area contributed by atoms with Gasteiger partial charge < -0.3 is 0 Å². The van der Waals surface area contributed by atoms with Gasteiger partial charge in [-0.15, -0.1) is 0 Å². The van der Waals surface area contributed by atoms with Crippen molar-refractivity contribution >= 4 is 32.6 Å². The molecule has 0 saturated heterocycles. The zero-order valence-corrected chi connectivity index (χ0v) is 16.1. The molecule has 0 saturated carbocycles. The Morgan fingerprint density at radius 2 is 1.96 bits per heavy atom. The van der Waals surface area contributed by atoms with Crippen LogP contribution in [0.2, 0.25) is 0 Å². The smallest absolute Gasteiger partial charge is 0.260 e. The molecule has 0 aliphatic rings. The zero-order valence-electron chi connectivity index (χ0n) is 15.3. The summed E-state index contributed by atoms with van der Waals surface area (Å²) >= 11 is 1.54. The lowest BCUT2D eigenvalue weighted by Crippen LogP contribution is -2.34. The van der Waals surface area contributed by atoms with Gasteiger partial charge >= 0.3 is 0 Å². The maximum Gasteiger partial charge on any atom is 0.260 e. The fourth-order valence-corrected chi connectivity index (χ4v) is 3.91. The Morgan fingerprint density at radius 1 is 1.11 bits per heavy atom. The quantitative estimate of drug-likeness (QED) is 0.517. The third kappa shape index (κ3) is 3.61. The van der Waals surface area contributed by atoms with E-state index in [1.54, 1.807) is 11.1 Å². The lowest BCUT2D eigenvalue weighted by Gasteiger charge is -2.20. The molecule has 4 rings (SSSR count). The Balaban J connectivity index is 1.69. The van der Waals surface area contributed by atoms with Crippen LogP contribution >= 0.6 is 11.3 Å². The standard InChI is InChI=1S/C21H20N4OS/c1-15-8-9-17(14-16(15)2)20(26)25(13-12-24-11-5-10-22-24)21-23-18-6-3-4-7-19(18)27-21/h3-11,14H,12-13H2,1-2H3. The van der Waals surface area contributed by atoms with Crippen molar-refractivity contribution in [3.05, 3.63) is 77.6 Å². The van der Waals surface area contributed by atoms with Gasteiger partial charge in [0.25, 0.3) is 5.91 Å². The van der Waals surface area contributed by atoms with Crippen LogP contribution in [0.25, 0.3) is 10.2 Å². The normalized spacial score (nSPS) is 11.0. The van der Waals surface area contributed by atoms with Gasteiger partial charge in [-0.2, -0.15) is 5.10 Å². The van der Waals surface area contributed by atoms with Gasteiger partial charge in [0.05, 0.1) is 16.8 Å². The average molecular weight is 376 g/mol. The fourth-order valence-electron chi connectivity index (χ4n) is 2.93. The number of rotatable bonds is 5. The maximum atomic E-state index is 13.3. The van der Waals surface area contributed by atoms with E-state index in [0.29, 0.717) is 23.8 Å². The molecule has 0 aliphatic heterocycles. The molecule has 2 aromatic heterocycles. The van der Waals surface area contributed by atoms with Gasteiger partial charge in [-0.05, 0) is 55.3 Å². The Kier molecular flexibility index (Phi) is 4.73. The van der Waals surface area contributed by atoms with E-state index < -0.39 is 0 Å². The molecule has 0 radical (unpaired) electrons. The highest BCUT2D eigenvalue weighted by Crippen LogP contribution is 2.29. The highest BCUT2D eigenvalue weighted by Gasteiger charge is 2.21. The van der Waals surface area contributed by atoms with Gasteiger partial charge in [-0.3, -0.25) is 14.4 Å². The van der Waals surface area contributed by atoms with Crippen LogP contribution in [-0.2, 0) is 6.54 Å². The molecule has 2 heterocycles. The topological polar surface area (TPSA) is 51.0 Å². The first-order valence-electron chi connectivity index (χ1n) is 8.84. The molecule has 136 valence electrons. The van der Waals surface area contributed by atoms with Crippen molar-refractivity contribution in [2.75, 3.05) is 11.4 Å². The number of carbonyl (C=O) groups excluding carboxylic acids is 1. The highest BCUT2D eigenvalue weighted by molar-refractivity contribution is 7.22. The number of nitrogens with zero attached hydrogens (tertiary/aromatic N) is 4. The van der Waals surface area contributed by atoms with Crippen molar-refractivity contribution in [2.45, 2.75) is 20.4 Å². The molecular formula is C21H20N4OS. The molecule has 0 aliphatic carbocycles. The average Bonchev–Trinajstić information content (AvgIpc) is 3.33. The molecule has 1 amide bonds. The van der Waals surface area contributed by atoms with E-state index in [0.717, 1.165) is 15.8 Å². The van der Waals surface area contributed by atoms with E-state index in [9.17, 15) is 4.79 Å². The van der Waals surface area contributed by atoms with Crippen molar-refractivity contribution in [2.24, 2.45) is 0 Å². The molecule has 0 unspecified atom stereocenters. The van der Waals surface area contributed by atoms with E-state index >= 15 is 0 Å². The van der Waals surface area contributed by atoms with Crippen LogP contribution < -0.4 is 4.90 Å². The van der Waals surface area contributed by atoms with Gasteiger partial charge in [-0.25, -0.2) is 4.98 Å². The molecular weight excluding hydrogens is 356 g/mol. The third-order valence-electron chi connectivity index (χ3n) is 4.62. The van der Waals surface area contributed by atoms with E-state index in [4.69, 9.17) is 4.98 Å². The lowest BCUT2D eigenvalue weighted by atomic mass is 10.1. The second kappa shape index (κ2) is 7.32. The third-order valence-corrected chi connectivity index (χ3v) is 5.68. The van der Waals surface area contributed by atoms with Gasteiger partial charge in [0.1, 0.15) is 0 Å². The molecule has 2 aromatic carbocycles. The van der Waals surface area contributed by atoms with Gasteiger partial charge in [0.15, 0.2) is 5.13 Å². The molecule has 0 bridgehead atoms. The van der Waals surface area contributed by atoms with Crippen LogP contribution in [-0.4, -0.2) is 27.2 Å². The summed E-state index contributed by atoms with van der Waals surface area (Å²) in [5.74, 6) is -0.0377. The van der Waals surface area contributed by atoms with Gasteiger partial charge in [0.2, 0.25) is 0 Å². The van der Waals surface area contributed by atoms with E-state index in [1.807, 2.05) is 73.3 Å². The molecule has 6 heteroatoms. The Morgan fingerprint density at radius 3 is 2.70 bits per heavy atom. The summed E-state index contributed by atoms with van der Waals surface area (Å²) < 4.78 is 2.90. The van der Waals surface area contributed by atoms with Gasteiger partial charge in [0, 0.05) is 24.5 Å². The minimum atomic E-state index is -0.0377. The second-order valence-electron chi connectivity index (χ2n) is 6.49. The molecule has 4 aromatic rings.